The Kier molecular flexibility index (Phi) is 3.53. The highest BCUT2D eigenvalue weighted by atomic mass is 16.5. The van der Waals surface area contributed by atoms with Crippen molar-refractivity contribution in [1.82, 2.24) is 5.16 Å². The molecule has 2 N–H and O–H groups in total. The highest BCUT2D eigenvalue weighted by molar-refractivity contribution is 5.67. The molecule has 96 valence electrons. The van der Waals surface area contributed by atoms with Crippen LogP contribution in [-0.4, -0.2) is 19.4 Å². The van der Waals surface area contributed by atoms with Crippen LogP contribution in [0.5, 0.6) is 11.5 Å². The Morgan fingerprint density at radius 3 is 2.39 bits per heavy atom. The fraction of sp³-hybridized carbons (Fsp3) is 0.308. The van der Waals surface area contributed by atoms with Crippen molar-refractivity contribution in [3.05, 3.63) is 29.5 Å². The average Bonchev–Trinajstić information content (AvgIpc) is 2.86. The highest BCUT2D eigenvalue weighted by Crippen LogP contribution is 2.35. The van der Waals surface area contributed by atoms with Crippen LogP contribution in [0, 0.1) is 6.92 Å². The second-order valence-corrected chi connectivity index (χ2v) is 3.91. The quantitative estimate of drug-likeness (QED) is 0.897. The van der Waals surface area contributed by atoms with Gasteiger partial charge in [0.25, 0.3) is 0 Å². The second-order valence-electron chi connectivity index (χ2n) is 3.91. The Morgan fingerprint density at radius 2 is 1.83 bits per heavy atom. The zero-order valence-electron chi connectivity index (χ0n) is 10.7. The van der Waals surface area contributed by atoms with Gasteiger partial charge in [0, 0.05) is 18.2 Å². The fourth-order valence-electron chi connectivity index (χ4n) is 1.78. The molecule has 2 rings (SSSR count). The summed E-state index contributed by atoms with van der Waals surface area (Å²) < 4.78 is 15.8. The lowest BCUT2D eigenvalue weighted by Crippen LogP contribution is -1.95. The van der Waals surface area contributed by atoms with E-state index in [1.54, 1.807) is 14.2 Å². The molecule has 0 aliphatic heterocycles. The second kappa shape index (κ2) is 5.10. The first kappa shape index (κ1) is 12.4. The highest BCUT2D eigenvalue weighted by Gasteiger charge is 2.13. The number of nitrogens with zero attached hydrogens (tertiary/aromatic N) is 1. The van der Waals surface area contributed by atoms with Crippen molar-refractivity contribution < 1.29 is 14.0 Å². The Labute approximate surface area is 105 Å². The van der Waals surface area contributed by atoms with Crippen LogP contribution in [-0.2, 0) is 6.54 Å². The lowest BCUT2D eigenvalue weighted by Gasteiger charge is -2.10. The van der Waals surface area contributed by atoms with Crippen molar-refractivity contribution in [2.45, 2.75) is 13.5 Å². The lowest BCUT2D eigenvalue weighted by atomic mass is 10.1. The zero-order chi connectivity index (χ0) is 13.1. The van der Waals surface area contributed by atoms with Crippen molar-refractivity contribution in [1.29, 1.82) is 0 Å². The molecule has 1 aromatic carbocycles. The standard InChI is InChI=1S/C13H16N2O3/c1-8-4-12(16-2)13(17-3)6-10(8)11-5-9(7-14)15-18-11/h4-6H,7,14H2,1-3H3. The van der Waals surface area contributed by atoms with Crippen LogP contribution in [0.15, 0.2) is 22.7 Å². The number of rotatable bonds is 4. The van der Waals surface area contributed by atoms with Gasteiger partial charge in [0.2, 0.25) is 0 Å². The van der Waals surface area contributed by atoms with Gasteiger partial charge in [-0.25, -0.2) is 0 Å². The van der Waals surface area contributed by atoms with Gasteiger partial charge in [0.1, 0.15) is 0 Å². The first-order valence-corrected chi connectivity index (χ1v) is 5.58. The molecule has 0 spiro atoms. The lowest BCUT2D eigenvalue weighted by molar-refractivity contribution is 0.354. The van der Waals surface area contributed by atoms with Gasteiger partial charge >= 0.3 is 0 Å². The maximum absolute atomic E-state index is 5.51. The summed E-state index contributed by atoms with van der Waals surface area (Å²) in [6.45, 7) is 2.33. The van der Waals surface area contributed by atoms with E-state index in [9.17, 15) is 0 Å². The molecule has 5 nitrogen and oxygen atoms in total. The molecule has 0 saturated heterocycles. The Hall–Kier alpha value is -2.01. The zero-order valence-corrected chi connectivity index (χ0v) is 10.7. The molecule has 18 heavy (non-hydrogen) atoms. The molecule has 0 fully saturated rings. The van der Waals surface area contributed by atoms with Gasteiger partial charge in [-0.2, -0.15) is 0 Å². The van der Waals surface area contributed by atoms with Crippen LogP contribution in [0.4, 0.5) is 0 Å². The third-order valence-corrected chi connectivity index (χ3v) is 2.76. The van der Waals surface area contributed by atoms with Gasteiger partial charge in [-0.05, 0) is 24.6 Å². The third-order valence-electron chi connectivity index (χ3n) is 2.76. The maximum atomic E-state index is 5.51. The van der Waals surface area contributed by atoms with Crippen LogP contribution in [0.3, 0.4) is 0 Å². The van der Waals surface area contributed by atoms with Crippen molar-refractivity contribution in [2.75, 3.05) is 14.2 Å². The molecule has 0 saturated carbocycles. The number of hydrogen-bond donors (Lipinski definition) is 1. The molecular formula is C13H16N2O3. The van der Waals surface area contributed by atoms with Gasteiger partial charge in [-0.1, -0.05) is 5.16 Å². The van der Waals surface area contributed by atoms with Crippen molar-refractivity contribution in [3.63, 3.8) is 0 Å². The van der Waals surface area contributed by atoms with E-state index in [4.69, 9.17) is 19.7 Å². The molecule has 2 aromatic rings. The molecule has 0 unspecified atom stereocenters. The van der Waals surface area contributed by atoms with Crippen molar-refractivity contribution in [2.24, 2.45) is 5.73 Å². The number of hydrogen-bond acceptors (Lipinski definition) is 5. The Balaban J connectivity index is 2.50. The number of aryl methyl sites for hydroxylation is 1. The Morgan fingerprint density at radius 1 is 1.17 bits per heavy atom. The third kappa shape index (κ3) is 2.17. The topological polar surface area (TPSA) is 70.5 Å². The molecule has 0 radical (unpaired) electrons. The predicted octanol–water partition coefficient (Wildman–Crippen LogP) is 2.13. The minimum absolute atomic E-state index is 0.357. The van der Waals surface area contributed by atoms with Crippen LogP contribution < -0.4 is 15.2 Å². The number of aromatic nitrogens is 1. The van der Waals surface area contributed by atoms with E-state index in [0.717, 1.165) is 16.8 Å². The van der Waals surface area contributed by atoms with Crippen LogP contribution in [0.1, 0.15) is 11.3 Å². The van der Waals surface area contributed by atoms with E-state index >= 15 is 0 Å². The maximum Gasteiger partial charge on any atom is 0.167 e. The molecule has 0 atom stereocenters. The van der Waals surface area contributed by atoms with Gasteiger partial charge in [0.15, 0.2) is 17.3 Å². The minimum atomic E-state index is 0.357. The molecule has 1 heterocycles. The van der Waals surface area contributed by atoms with Crippen molar-refractivity contribution >= 4 is 0 Å². The Bertz CT molecular complexity index is 549. The molecule has 0 bridgehead atoms. The number of ether oxygens (including phenoxy) is 2. The van der Waals surface area contributed by atoms with Gasteiger partial charge < -0.3 is 19.7 Å². The number of benzene rings is 1. The van der Waals surface area contributed by atoms with Crippen LogP contribution in [0.25, 0.3) is 11.3 Å². The fourth-order valence-corrected chi connectivity index (χ4v) is 1.78. The van der Waals surface area contributed by atoms with E-state index in [2.05, 4.69) is 5.16 Å². The average molecular weight is 248 g/mol. The molecule has 5 heteroatoms. The molecule has 0 aliphatic rings. The predicted molar refractivity (Wildman–Crippen MR) is 67.7 cm³/mol. The molecule has 1 aromatic heterocycles. The molecular weight excluding hydrogens is 232 g/mol. The monoisotopic (exact) mass is 248 g/mol. The summed E-state index contributed by atoms with van der Waals surface area (Å²) in [5, 5.41) is 3.88. The molecule has 0 aliphatic carbocycles. The van der Waals surface area contributed by atoms with Crippen LogP contribution >= 0.6 is 0 Å². The van der Waals surface area contributed by atoms with E-state index in [1.165, 1.54) is 0 Å². The van der Waals surface area contributed by atoms with E-state index < -0.39 is 0 Å². The summed E-state index contributed by atoms with van der Waals surface area (Å²) in [6, 6.07) is 5.60. The smallest absolute Gasteiger partial charge is 0.167 e. The van der Waals surface area contributed by atoms with Crippen LogP contribution in [0.2, 0.25) is 0 Å². The summed E-state index contributed by atoms with van der Waals surface area (Å²) in [5.41, 5.74) is 8.17. The van der Waals surface area contributed by atoms with Gasteiger partial charge in [0.05, 0.1) is 19.9 Å². The summed E-state index contributed by atoms with van der Waals surface area (Å²) in [7, 11) is 3.21. The van der Waals surface area contributed by atoms with E-state index in [-0.39, 0.29) is 0 Å². The summed E-state index contributed by atoms with van der Waals surface area (Å²) >= 11 is 0. The molecule has 0 amide bonds. The van der Waals surface area contributed by atoms with Crippen molar-refractivity contribution in [3.8, 4) is 22.8 Å². The normalized spacial score (nSPS) is 10.4. The summed E-state index contributed by atoms with van der Waals surface area (Å²) in [6.07, 6.45) is 0. The number of nitrogens with two attached hydrogens (primary N) is 1. The van der Waals surface area contributed by atoms with Gasteiger partial charge in [-0.3, -0.25) is 0 Å². The first-order valence-electron chi connectivity index (χ1n) is 5.58. The largest absolute Gasteiger partial charge is 0.493 e. The van der Waals surface area contributed by atoms with Gasteiger partial charge in [-0.15, -0.1) is 0 Å². The van der Waals surface area contributed by atoms with E-state index in [0.29, 0.717) is 23.8 Å². The number of methoxy groups -OCH3 is 2. The first-order chi connectivity index (χ1) is 8.69. The van der Waals surface area contributed by atoms with E-state index in [1.807, 2.05) is 25.1 Å². The minimum Gasteiger partial charge on any atom is -0.493 e. The summed E-state index contributed by atoms with van der Waals surface area (Å²) in [5.74, 6) is 2.02. The summed E-state index contributed by atoms with van der Waals surface area (Å²) in [4.78, 5) is 0. The SMILES string of the molecule is COc1cc(C)c(-c2cc(CN)no2)cc1OC.